The van der Waals surface area contributed by atoms with E-state index in [2.05, 4.69) is 33.0 Å². The van der Waals surface area contributed by atoms with Crippen molar-refractivity contribution in [2.75, 3.05) is 13.2 Å². The first-order valence-corrected chi connectivity index (χ1v) is 6.90. The predicted molar refractivity (Wildman–Crippen MR) is 69.7 cm³/mol. The Morgan fingerprint density at radius 1 is 1.19 bits per heavy atom. The van der Waals surface area contributed by atoms with E-state index in [9.17, 15) is 0 Å². The molecular weight excluding hydrogens is 198 g/mol. The van der Waals surface area contributed by atoms with Crippen LogP contribution in [-0.4, -0.2) is 24.8 Å². The Labute approximate surface area is 101 Å². The van der Waals surface area contributed by atoms with Crippen LogP contribution in [0.4, 0.5) is 0 Å². The van der Waals surface area contributed by atoms with Gasteiger partial charge in [0.25, 0.3) is 0 Å². The van der Waals surface area contributed by atoms with Crippen molar-refractivity contribution in [1.82, 2.24) is 5.32 Å². The van der Waals surface area contributed by atoms with Crippen LogP contribution in [0.3, 0.4) is 0 Å². The van der Waals surface area contributed by atoms with Crippen LogP contribution in [0, 0.1) is 5.92 Å². The fourth-order valence-electron chi connectivity index (χ4n) is 2.57. The SMILES string of the molecule is CCC1CCCCC1NCCOC(C)(C)C. The molecule has 1 aliphatic carbocycles. The summed E-state index contributed by atoms with van der Waals surface area (Å²) in [6.07, 6.45) is 6.91. The minimum Gasteiger partial charge on any atom is -0.375 e. The fraction of sp³-hybridized carbons (Fsp3) is 1.00. The molecule has 16 heavy (non-hydrogen) atoms. The van der Waals surface area contributed by atoms with Crippen LogP contribution >= 0.6 is 0 Å². The summed E-state index contributed by atoms with van der Waals surface area (Å²) in [5, 5.41) is 3.67. The van der Waals surface area contributed by atoms with Gasteiger partial charge in [-0.2, -0.15) is 0 Å². The maximum absolute atomic E-state index is 5.73. The molecule has 0 spiro atoms. The molecular formula is C14H29NO. The molecule has 0 aromatic rings. The number of nitrogens with one attached hydrogen (secondary N) is 1. The van der Waals surface area contributed by atoms with Crippen LogP contribution in [0.15, 0.2) is 0 Å². The molecule has 1 saturated carbocycles. The molecule has 1 aliphatic rings. The largest absolute Gasteiger partial charge is 0.375 e. The Balaban J connectivity index is 2.15. The third kappa shape index (κ3) is 5.31. The minimum atomic E-state index is -0.00158. The maximum atomic E-state index is 5.73. The van der Waals surface area contributed by atoms with Gasteiger partial charge in [-0.3, -0.25) is 0 Å². The van der Waals surface area contributed by atoms with Crippen molar-refractivity contribution in [3.8, 4) is 0 Å². The highest BCUT2D eigenvalue weighted by Gasteiger charge is 2.22. The highest BCUT2D eigenvalue weighted by atomic mass is 16.5. The van der Waals surface area contributed by atoms with Crippen molar-refractivity contribution in [2.45, 2.75) is 71.4 Å². The Kier molecular flexibility index (Phi) is 5.77. The Morgan fingerprint density at radius 3 is 2.50 bits per heavy atom. The third-order valence-corrected chi connectivity index (χ3v) is 3.48. The van der Waals surface area contributed by atoms with Gasteiger partial charge in [0.1, 0.15) is 0 Å². The van der Waals surface area contributed by atoms with Gasteiger partial charge in [-0.25, -0.2) is 0 Å². The van der Waals surface area contributed by atoms with Gasteiger partial charge in [0.05, 0.1) is 12.2 Å². The number of ether oxygens (including phenoxy) is 1. The van der Waals surface area contributed by atoms with Gasteiger partial charge in [-0.1, -0.05) is 26.2 Å². The Bertz CT molecular complexity index is 186. The first-order chi connectivity index (χ1) is 7.53. The molecule has 2 atom stereocenters. The van der Waals surface area contributed by atoms with Crippen LogP contribution in [0.1, 0.15) is 59.8 Å². The lowest BCUT2D eigenvalue weighted by atomic mass is 9.83. The van der Waals surface area contributed by atoms with Crippen LogP contribution in [-0.2, 0) is 4.74 Å². The molecule has 0 radical (unpaired) electrons. The summed E-state index contributed by atoms with van der Waals surface area (Å²) in [6.45, 7) is 10.5. The molecule has 0 aromatic heterocycles. The molecule has 96 valence electrons. The third-order valence-electron chi connectivity index (χ3n) is 3.48. The molecule has 0 saturated heterocycles. The van der Waals surface area contributed by atoms with Gasteiger partial charge in [0.15, 0.2) is 0 Å². The second kappa shape index (κ2) is 6.61. The van der Waals surface area contributed by atoms with E-state index in [1.807, 2.05) is 0 Å². The van der Waals surface area contributed by atoms with Crippen molar-refractivity contribution in [2.24, 2.45) is 5.92 Å². The van der Waals surface area contributed by atoms with E-state index in [0.717, 1.165) is 25.1 Å². The van der Waals surface area contributed by atoms with Crippen LogP contribution in [0.5, 0.6) is 0 Å². The quantitative estimate of drug-likeness (QED) is 0.727. The van der Waals surface area contributed by atoms with Crippen molar-refractivity contribution in [1.29, 1.82) is 0 Å². The van der Waals surface area contributed by atoms with Crippen LogP contribution < -0.4 is 5.32 Å². The lowest BCUT2D eigenvalue weighted by Crippen LogP contribution is -2.40. The predicted octanol–water partition coefficient (Wildman–Crippen LogP) is 3.36. The van der Waals surface area contributed by atoms with Gasteiger partial charge >= 0.3 is 0 Å². The molecule has 0 amide bonds. The zero-order valence-corrected chi connectivity index (χ0v) is 11.5. The lowest BCUT2D eigenvalue weighted by Gasteiger charge is -2.32. The Morgan fingerprint density at radius 2 is 1.88 bits per heavy atom. The average molecular weight is 227 g/mol. The summed E-state index contributed by atoms with van der Waals surface area (Å²) in [5.41, 5.74) is -0.00158. The first-order valence-electron chi connectivity index (χ1n) is 6.90. The van der Waals surface area contributed by atoms with E-state index in [1.165, 1.54) is 32.1 Å². The standard InChI is InChI=1S/C14H29NO/c1-5-12-8-6-7-9-13(12)15-10-11-16-14(2,3)4/h12-13,15H,5-11H2,1-4H3. The van der Waals surface area contributed by atoms with Gasteiger partial charge in [0, 0.05) is 12.6 Å². The highest BCUT2D eigenvalue weighted by molar-refractivity contribution is 4.80. The normalized spacial score (nSPS) is 27.0. The van der Waals surface area contributed by atoms with E-state index in [0.29, 0.717) is 0 Å². The van der Waals surface area contributed by atoms with Gasteiger partial charge in [-0.15, -0.1) is 0 Å². The summed E-state index contributed by atoms with van der Waals surface area (Å²) in [7, 11) is 0. The van der Waals surface area contributed by atoms with E-state index < -0.39 is 0 Å². The molecule has 2 heteroatoms. The van der Waals surface area contributed by atoms with Gasteiger partial charge in [0.2, 0.25) is 0 Å². The van der Waals surface area contributed by atoms with Crippen molar-refractivity contribution >= 4 is 0 Å². The van der Waals surface area contributed by atoms with Crippen molar-refractivity contribution in [3.63, 3.8) is 0 Å². The monoisotopic (exact) mass is 227 g/mol. The fourth-order valence-corrected chi connectivity index (χ4v) is 2.57. The molecule has 0 bridgehead atoms. The molecule has 1 N–H and O–H groups in total. The summed E-state index contributed by atoms with van der Waals surface area (Å²) in [4.78, 5) is 0. The molecule has 1 fully saturated rings. The van der Waals surface area contributed by atoms with Crippen LogP contribution in [0.25, 0.3) is 0 Å². The first kappa shape index (κ1) is 14.0. The minimum absolute atomic E-state index is 0.00158. The van der Waals surface area contributed by atoms with Crippen LogP contribution in [0.2, 0.25) is 0 Å². The van der Waals surface area contributed by atoms with Crippen molar-refractivity contribution in [3.05, 3.63) is 0 Å². The molecule has 2 nitrogen and oxygen atoms in total. The summed E-state index contributed by atoms with van der Waals surface area (Å²) >= 11 is 0. The van der Waals surface area contributed by atoms with E-state index in [1.54, 1.807) is 0 Å². The van der Waals surface area contributed by atoms with E-state index >= 15 is 0 Å². The molecule has 1 rings (SSSR count). The second-order valence-electron chi connectivity index (χ2n) is 5.97. The molecule has 0 heterocycles. The molecule has 0 aliphatic heterocycles. The Hall–Kier alpha value is -0.0800. The number of rotatable bonds is 5. The lowest BCUT2D eigenvalue weighted by molar-refractivity contribution is -0.00271. The smallest absolute Gasteiger partial charge is 0.0599 e. The summed E-state index contributed by atoms with van der Waals surface area (Å²) in [5.74, 6) is 0.892. The molecule has 0 aromatic carbocycles. The van der Waals surface area contributed by atoms with Crippen molar-refractivity contribution < 1.29 is 4.74 Å². The van der Waals surface area contributed by atoms with Gasteiger partial charge in [-0.05, 0) is 39.5 Å². The number of hydrogen-bond donors (Lipinski definition) is 1. The zero-order chi connectivity index (χ0) is 12.0. The highest BCUT2D eigenvalue weighted by Crippen LogP contribution is 2.26. The zero-order valence-electron chi connectivity index (χ0n) is 11.5. The summed E-state index contributed by atoms with van der Waals surface area (Å²) < 4.78 is 5.73. The summed E-state index contributed by atoms with van der Waals surface area (Å²) in [6, 6.07) is 0.738. The molecule has 2 unspecified atom stereocenters. The van der Waals surface area contributed by atoms with Gasteiger partial charge < -0.3 is 10.1 Å². The second-order valence-corrected chi connectivity index (χ2v) is 5.97. The maximum Gasteiger partial charge on any atom is 0.0599 e. The topological polar surface area (TPSA) is 21.3 Å². The average Bonchev–Trinajstić information content (AvgIpc) is 2.23. The number of hydrogen-bond acceptors (Lipinski definition) is 2. The van der Waals surface area contributed by atoms with E-state index in [4.69, 9.17) is 4.74 Å². The van der Waals surface area contributed by atoms with E-state index in [-0.39, 0.29) is 5.60 Å².